The number of hydrogen-bond donors (Lipinski definition) is 2. The van der Waals surface area contributed by atoms with Crippen molar-refractivity contribution in [2.75, 3.05) is 13.7 Å². The van der Waals surface area contributed by atoms with Gasteiger partial charge in [0, 0.05) is 24.9 Å². The third-order valence-corrected chi connectivity index (χ3v) is 7.52. The Hall–Kier alpha value is -2.04. The molecular weight excluding hydrogens is 364 g/mol. The summed E-state index contributed by atoms with van der Waals surface area (Å²) < 4.78 is 5.23. The fourth-order valence-corrected chi connectivity index (χ4v) is 5.58. The van der Waals surface area contributed by atoms with Gasteiger partial charge in [0.05, 0.1) is 7.11 Å². The number of carbonyl (C=O) groups is 2. The Morgan fingerprint density at radius 3 is 2.59 bits per heavy atom. The quantitative estimate of drug-likeness (QED) is 0.701. The molecule has 1 spiro atoms. The lowest BCUT2D eigenvalue weighted by atomic mass is 9.84. The molecule has 1 heterocycles. The van der Waals surface area contributed by atoms with Crippen LogP contribution in [0.4, 0.5) is 0 Å². The summed E-state index contributed by atoms with van der Waals surface area (Å²) in [5.41, 5.74) is 1.40. The van der Waals surface area contributed by atoms with Crippen LogP contribution in [0.5, 0.6) is 5.75 Å². The minimum atomic E-state index is -0.312. The third-order valence-electron chi connectivity index (χ3n) is 7.52. The highest BCUT2D eigenvalue weighted by Gasteiger charge is 2.53. The average Bonchev–Trinajstić information content (AvgIpc) is 3.26. The smallest absolute Gasteiger partial charge is 0.220 e. The molecule has 2 amide bonds. The molecule has 1 aliphatic heterocycles. The van der Waals surface area contributed by atoms with Crippen molar-refractivity contribution < 1.29 is 14.3 Å². The predicted molar refractivity (Wildman–Crippen MR) is 113 cm³/mol. The van der Waals surface area contributed by atoms with Crippen LogP contribution in [0, 0.1) is 11.3 Å². The zero-order chi connectivity index (χ0) is 20.3. The van der Waals surface area contributed by atoms with Crippen LogP contribution in [-0.2, 0) is 16.0 Å². The molecule has 3 aliphatic rings. The largest absolute Gasteiger partial charge is 0.497 e. The molecule has 2 atom stereocenters. The fraction of sp³-hybridized carbons (Fsp3) is 0.667. The summed E-state index contributed by atoms with van der Waals surface area (Å²) in [4.78, 5) is 24.5. The van der Waals surface area contributed by atoms with Gasteiger partial charge >= 0.3 is 0 Å². The summed E-state index contributed by atoms with van der Waals surface area (Å²) in [5, 5.41) is 6.35. The van der Waals surface area contributed by atoms with Crippen molar-refractivity contribution >= 4 is 11.8 Å². The molecule has 158 valence electrons. The van der Waals surface area contributed by atoms with Gasteiger partial charge in [0.15, 0.2) is 0 Å². The lowest BCUT2D eigenvalue weighted by Crippen LogP contribution is -2.44. The van der Waals surface area contributed by atoms with Crippen molar-refractivity contribution in [3.63, 3.8) is 0 Å². The Morgan fingerprint density at radius 1 is 1.17 bits per heavy atom. The van der Waals surface area contributed by atoms with E-state index in [1.807, 2.05) is 24.3 Å². The van der Waals surface area contributed by atoms with E-state index in [1.165, 1.54) is 38.5 Å². The van der Waals surface area contributed by atoms with Crippen molar-refractivity contribution in [3.8, 4) is 5.75 Å². The van der Waals surface area contributed by atoms with E-state index in [1.54, 1.807) is 7.11 Å². The number of benzene rings is 1. The summed E-state index contributed by atoms with van der Waals surface area (Å²) in [6.45, 7) is 0.830. The normalized spacial score (nSPS) is 27.5. The molecule has 2 saturated carbocycles. The van der Waals surface area contributed by atoms with Crippen LogP contribution in [0.15, 0.2) is 24.3 Å². The van der Waals surface area contributed by atoms with E-state index < -0.39 is 0 Å². The Morgan fingerprint density at radius 2 is 1.93 bits per heavy atom. The van der Waals surface area contributed by atoms with Crippen LogP contribution in [-0.4, -0.2) is 31.0 Å². The molecule has 1 aromatic carbocycles. The van der Waals surface area contributed by atoms with Gasteiger partial charge in [0.2, 0.25) is 11.8 Å². The minimum absolute atomic E-state index is 0.0936. The maximum atomic E-state index is 12.5. The lowest BCUT2D eigenvalue weighted by Gasteiger charge is -2.29. The topological polar surface area (TPSA) is 67.4 Å². The Kier molecular flexibility index (Phi) is 5.84. The molecule has 0 aromatic heterocycles. The van der Waals surface area contributed by atoms with E-state index >= 15 is 0 Å². The van der Waals surface area contributed by atoms with E-state index in [2.05, 4.69) is 10.6 Å². The van der Waals surface area contributed by atoms with Gasteiger partial charge in [-0.2, -0.15) is 0 Å². The Bertz CT molecular complexity index is 739. The minimum Gasteiger partial charge on any atom is -0.497 e. The molecule has 5 nitrogen and oxygen atoms in total. The Balaban J connectivity index is 1.28. The molecule has 5 heteroatoms. The molecular formula is C24H34N2O3. The maximum Gasteiger partial charge on any atom is 0.220 e. The number of amides is 2. The van der Waals surface area contributed by atoms with Crippen LogP contribution >= 0.6 is 0 Å². The molecule has 1 saturated heterocycles. The molecule has 2 N–H and O–H groups in total. The highest BCUT2D eigenvalue weighted by atomic mass is 16.5. The first-order valence-corrected chi connectivity index (χ1v) is 11.2. The van der Waals surface area contributed by atoms with E-state index in [0.717, 1.165) is 30.7 Å². The molecule has 0 unspecified atom stereocenters. The molecule has 4 rings (SSSR count). The number of ether oxygens (including phenoxy) is 1. The molecule has 0 radical (unpaired) electrons. The van der Waals surface area contributed by atoms with Gasteiger partial charge in [-0.3, -0.25) is 9.59 Å². The van der Waals surface area contributed by atoms with Crippen molar-refractivity contribution in [3.05, 3.63) is 29.8 Å². The van der Waals surface area contributed by atoms with Crippen molar-refractivity contribution in [2.45, 2.75) is 76.2 Å². The number of rotatable bonds is 8. The predicted octanol–water partition coefficient (Wildman–Crippen LogP) is 3.75. The third kappa shape index (κ3) is 4.76. The average molecular weight is 399 g/mol. The van der Waals surface area contributed by atoms with Gasteiger partial charge in [-0.1, -0.05) is 31.4 Å². The van der Waals surface area contributed by atoms with Crippen LogP contribution in [0.3, 0.4) is 0 Å². The summed E-state index contributed by atoms with van der Waals surface area (Å²) in [6.07, 6.45) is 11.3. The lowest BCUT2D eigenvalue weighted by molar-refractivity contribution is -0.122. The summed E-state index contributed by atoms with van der Waals surface area (Å²) in [7, 11) is 1.66. The standard InChI is InChI=1S/C24H34N2O3/c1-29-20-7-5-18(6-8-20)15-24(14-10-22(28)26-24)13-9-21(27)25-17-19-16-23(19)11-3-2-4-12-23/h5-8,19H,2-4,9-17H2,1H3,(H,25,27)(H,26,28)/t19-,24+/m1/s1. The van der Waals surface area contributed by atoms with Crippen LogP contribution in [0.2, 0.25) is 0 Å². The zero-order valence-corrected chi connectivity index (χ0v) is 17.6. The molecule has 3 fully saturated rings. The second-order valence-corrected chi connectivity index (χ2v) is 9.48. The first-order valence-electron chi connectivity index (χ1n) is 11.2. The van der Waals surface area contributed by atoms with Crippen molar-refractivity contribution in [2.24, 2.45) is 11.3 Å². The van der Waals surface area contributed by atoms with Gasteiger partial charge < -0.3 is 15.4 Å². The van der Waals surface area contributed by atoms with Gasteiger partial charge in [0.1, 0.15) is 5.75 Å². The first kappa shape index (κ1) is 20.2. The second kappa shape index (κ2) is 8.37. The summed E-state index contributed by atoms with van der Waals surface area (Å²) in [5.74, 6) is 1.73. The summed E-state index contributed by atoms with van der Waals surface area (Å²) in [6, 6.07) is 7.98. The van der Waals surface area contributed by atoms with Gasteiger partial charge in [0.25, 0.3) is 0 Å². The number of hydrogen-bond acceptors (Lipinski definition) is 3. The monoisotopic (exact) mass is 398 g/mol. The SMILES string of the molecule is COc1ccc(C[C@]2(CCC(=O)NC[C@H]3CC34CCCCC4)CCC(=O)N2)cc1. The van der Waals surface area contributed by atoms with Crippen molar-refractivity contribution in [1.82, 2.24) is 10.6 Å². The van der Waals surface area contributed by atoms with Gasteiger partial charge in [-0.25, -0.2) is 0 Å². The van der Waals surface area contributed by atoms with E-state index in [0.29, 0.717) is 30.6 Å². The fourth-order valence-electron chi connectivity index (χ4n) is 5.58. The van der Waals surface area contributed by atoms with Crippen LogP contribution in [0.1, 0.15) is 69.8 Å². The first-order chi connectivity index (χ1) is 14.0. The van der Waals surface area contributed by atoms with E-state index in [4.69, 9.17) is 4.74 Å². The van der Waals surface area contributed by atoms with Crippen LogP contribution < -0.4 is 15.4 Å². The maximum absolute atomic E-state index is 12.5. The van der Waals surface area contributed by atoms with Crippen LogP contribution in [0.25, 0.3) is 0 Å². The highest BCUT2D eigenvalue weighted by molar-refractivity contribution is 5.80. The number of methoxy groups -OCH3 is 1. The van der Waals surface area contributed by atoms with E-state index in [-0.39, 0.29) is 17.4 Å². The number of carbonyl (C=O) groups excluding carboxylic acids is 2. The van der Waals surface area contributed by atoms with Crippen molar-refractivity contribution in [1.29, 1.82) is 0 Å². The highest BCUT2D eigenvalue weighted by Crippen LogP contribution is 2.61. The molecule has 29 heavy (non-hydrogen) atoms. The zero-order valence-electron chi connectivity index (χ0n) is 17.6. The van der Waals surface area contributed by atoms with E-state index in [9.17, 15) is 9.59 Å². The van der Waals surface area contributed by atoms with Gasteiger partial charge in [-0.15, -0.1) is 0 Å². The molecule has 0 bridgehead atoms. The second-order valence-electron chi connectivity index (χ2n) is 9.48. The molecule has 2 aliphatic carbocycles. The summed E-state index contributed by atoms with van der Waals surface area (Å²) >= 11 is 0. The Labute approximate surface area is 174 Å². The number of nitrogens with one attached hydrogen (secondary N) is 2. The van der Waals surface area contributed by atoms with Gasteiger partial charge in [-0.05, 0) is 67.6 Å². The molecule has 1 aromatic rings.